The highest BCUT2D eigenvalue weighted by Gasteiger charge is 2.35. The first-order chi connectivity index (χ1) is 7.98. The Labute approximate surface area is 96.7 Å². The Balaban J connectivity index is 2.31. The lowest BCUT2D eigenvalue weighted by Gasteiger charge is -2.28. The fraction of sp³-hybridized carbons (Fsp3) is 0.600. The Bertz CT molecular complexity index is 399. The van der Waals surface area contributed by atoms with Crippen molar-refractivity contribution in [3.05, 3.63) is 12.0 Å². The maximum atomic E-state index is 12.5. The molecule has 0 unspecified atom stereocenters. The Morgan fingerprint density at radius 1 is 1.18 bits per heavy atom. The molecule has 2 N–H and O–H groups in total. The van der Waals surface area contributed by atoms with Crippen LogP contribution in [0.4, 0.5) is 24.7 Å². The monoisotopic (exact) mass is 246 g/mol. The summed E-state index contributed by atoms with van der Waals surface area (Å²) < 4.78 is 37.4. The van der Waals surface area contributed by atoms with Gasteiger partial charge in [-0.15, -0.1) is 0 Å². The molecule has 4 nitrogen and oxygen atoms in total. The van der Waals surface area contributed by atoms with Crippen LogP contribution in [0.3, 0.4) is 0 Å². The molecule has 0 bridgehead atoms. The van der Waals surface area contributed by atoms with E-state index in [2.05, 4.69) is 9.97 Å². The molecular formula is C10H13F3N4. The molecule has 0 amide bonds. The molecular weight excluding hydrogens is 233 g/mol. The molecule has 0 aromatic carbocycles. The predicted octanol–water partition coefficient (Wildman–Crippen LogP) is 2.07. The number of hydrogen-bond donors (Lipinski definition) is 1. The van der Waals surface area contributed by atoms with E-state index in [4.69, 9.17) is 5.73 Å². The number of alkyl halides is 3. The van der Waals surface area contributed by atoms with Gasteiger partial charge in [0.15, 0.2) is 5.82 Å². The van der Waals surface area contributed by atoms with Crippen molar-refractivity contribution >= 4 is 11.5 Å². The molecule has 0 spiro atoms. The lowest BCUT2D eigenvalue weighted by molar-refractivity contribution is -0.144. The first kappa shape index (κ1) is 11.9. The highest BCUT2D eigenvalue weighted by Crippen LogP contribution is 2.30. The summed E-state index contributed by atoms with van der Waals surface area (Å²) in [4.78, 5) is 8.54. The summed E-state index contributed by atoms with van der Waals surface area (Å²) >= 11 is 0. The minimum absolute atomic E-state index is 0.194. The van der Waals surface area contributed by atoms with Gasteiger partial charge >= 0.3 is 6.18 Å². The molecule has 0 atom stereocenters. The Morgan fingerprint density at radius 2 is 1.82 bits per heavy atom. The van der Waals surface area contributed by atoms with E-state index in [1.807, 2.05) is 0 Å². The van der Waals surface area contributed by atoms with Crippen LogP contribution in [-0.2, 0) is 6.18 Å². The summed E-state index contributed by atoms with van der Waals surface area (Å²) in [6, 6.07) is 0. The van der Waals surface area contributed by atoms with Crippen molar-refractivity contribution in [2.75, 3.05) is 23.7 Å². The van der Waals surface area contributed by atoms with Gasteiger partial charge in [-0.2, -0.15) is 13.2 Å². The van der Waals surface area contributed by atoms with Gasteiger partial charge in [0.1, 0.15) is 0 Å². The average Bonchev–Trinajstić information content (AvgIpc) is 2.29. The predicted molar refractivity (Wildman–Crippen MR) is 57.5 cm³/mol. The van der Waals surface area contributed by atoms with E-state index in [0.29, 0.717) is 13.1 Å². The third kappa shape index (κ3) is 2.59. The van der Waals surface area contributed by atoms with Crippen LogP contribution in [0.2, 0.25) is 0 Å². The van der Waals surface area contributed by atoms with E-state index in [1.165, 1.54) is 0 Å². The fourth-order valence-electron chi connectivity index (χ4n) is 1.88. The van der Waals surface area contributed by atoms with Crippen molar-refractivity contribution < 1.29 is 13.2 Å². The van der Waals surface area contributed by atoms with Crippen LogP contribution in [0.25, 0.3) is 0 Å². The second-order valence-electron chi connectivity index (χ2n) is 4.02. The van der Waals surface area contributed by atoms with Crippen LogP contribution in [0.15, 0.2) is 6.20 Å². The number of nitrogens with two attached hydrogens (primary N) is 1. The van der Waals surface area contributed by atoms with E-state index in [9.17, 15) is 13.2 Å². The lowest BCUT2D eigenvalue weighted by Crippen LogP contribution is -2.31. The summed E-state index contributed by atoms with van der Waals surface area (Å²) in [5, 5.41) is 0. The maximum Gasteiger partial charge on any atom is 0.451 e. The molecule has 1 aliphatic rings. The summed E-state index contributed by atoms with van der Waals surface area (Å²) in [5.74, 6) is -0.931. The van der Waals surface area contributed by atoms with E-state index < -0.39 is 12.0 Å². The second-order valence-corrected chi connectivity index (χ2v) is 4.02. The van der Waals surface area contributed by atoms with Crippen LogP contribution < -0.4 is 10.6 Å². The topological polar surface area (TPSA) is 55.0 Å². The van der Waals surface area contributed by atoms with Crippen LogP contribution in [0, 0.1) is 0 Å². The lowest BCUT2D eigenvalue weighted by atomic mass is 10.1. The number of nitrogens with zero attached hydrogens (tertiary/aromatic N) is 3. The Kier molecular flexibility index (Phi) is 3.08. The van der Waals surface area contributed by atoms with Crippen molar-refractivity contribution in [3.63, 3.8) is 0 Å². The number of hydrogen-bond acceptors (Lipinski definition) is 4. The quantitative estimate of drug-likeness (QED) is 0.824. The number of anilines is 2. The molecule has 17 heavy (non-hydrogen) atoms. The minimum atomic E-state index is -4.53. The summed E-state index contributed by atoms with van der Waals surface area (Å²) in [6.45, 7) is 1.39. The van der Waals surface area contributed by atoms with Crippen LogP contribution in [0.1, 0.15) is 25.1 Å². The van der Waals surface area contributed by atoms with Crippen LogP contribution in [0.5, 0.6) is 0 Å². The van der Waals surface area contributed by atoms with Gasteiger partial charge in [-0.05, 0) is 19.3 Å². The SMILES string of the molecule is Nc1cnc(C(F)(F)F)nc1N1CCCCC1. The summed E-state index contributed by atoms with van der Waals surface area (Å²) in [5.41, 5.74) is 5.82. The number of nitrogen functional groups attached to an aromatic ring is 1. The first-order valence-corrected chi connectivity index (χ1v) is 5.43. The zero-order valence-corrected chi connectivity index (χ0v) is 9.17. The van der Waals surface area contributed by atoms with E-state index in [0.717, 1.165) is 25.5 Å². The van der Waals surface area contributed by atoms with Crippen molar-refractivity contribution in [1.29, 1.82) is 0 Å². The van der Waals surface area contributed by atoms with Crippen LogP contribution in [-0.4, -0.2) is 23.1 Å². The first-order valence-electron chi connectivity index (χ1n) is 5.43. The van der Waals surface area contributed by atoms with E-state index >= 15 is 0 Å². The Hall–Kier alpha value is -1.53. The number of rotatable bonds is 1. The van der Waals surface area contributed by atoms with Gasteiger partial charge in [-0.25, -0.2) is 9.97 Å². The van der Waals surface area contributed by atoms with Gasteiger partial charge in [-0.1, -0.05) is 0 Å². The molecule has 1 aromatic rings. The smallest absolute Gasteiger partial charge is 0.394 e. The third-order valence-corrected chi connectivity index (χ3v) is 2.71. The van der Waals surface area contributed by atoms with Gasteiger partial charge in [0.25, 0.3) is 0 Å². The Morgan fingerprint density at radius 3 is 2.41 bits per heavy atom. The number of piperidine rings is 1. The zero-order valence-electron chi connectivity index (χ0n) is 9.17. The molecule has 94 valence electrons. The largest absolute Gasteiger partial charge is 0.451 e. The average molecular weight is 246 g/mol. The second kappa shape index (κ2) is 4.38. The normalized spacial score (nSPS) is 17.2. The zero-order chi connectivity index (χ0) is 12.5. The number of halogens is 3. The van der Waals surface area contributed by atoms with Gasteiger partial charge in [0.05, 0.1) is 11.9 Å². The van der Waals surface area contributed by atoms with Crippen LogP contribution >= 0.6 is 0 Å². The fourth-order valence-corrected chi connectivity index (χ4v) is 1.88. The molecule has 0 radical (unpaired) electrons. The summed E-state index contributed by atoms with van der Waals surface area (Å²) in [7, 11) is 0. The highest BCUT2D eigenvalue weighted by molar-refractivity contribution is 5.61. The molecule has 1 aromatic heterocycles. The summed E-state index contributed by atoms with van der Waals surface area (Å²) in [6.07, 6.45) is -0.513. The van der Waals surface area contributed by atoms with Crippen molar-refractivity contribution in [3.8, 4) is 0 Å². The van der Waals surface area contributed by atoms with Gasteiger partial charge in [-0.3, -0.25) is 0 Å². The molecule has 2 rings (SSSR count). The van der Waals surface area contributed by atoms with Crippen molar-refractivity contribution in [1.82, 2.24) is 9.97 Å². The molecule has 1 aliphatic heterocycles. The van der Waals surface area contributed by atoms with Gasteiger partial charge in [0.2, 0.25) is 5.82 Å². The molecule has 7 heteroatoms. The van der Waals surface area contributed by atoms with Gasteiger partial charge in [0, 0.05) is 13.1 Å². The third-order valence-electron chi connectivity index (χ3n) is 2.71. The minimum Gasteiger partial charge on any atom is -0.394 e. The molecule has 1 fully saturated rings. The number of aromatic nitrogens is 2. The van der Waals surface area contributed by atoms with Crippen molar-refractivity contribution in [2.45, 2.75) is 25.4 Å². The van der Waals surface area contributed by atoms with E-state index in [1.54, 1.807) is 4.90 Å². The molecule has 1 saturated heterocycles. The maximum absolute atomic E-state index is 12.5. The molecule has 2 heterocycles. The molecule has 0 aliphatic carbocycles. The highest BCUT2D eigenvalue weighted by atomic mass is 19.4. The standard InChI is InChI=1S/C10H13F3N4/c11-10(12,13)9-15-6-7(14)8(16-9)17-4-2-1-3-5-17/h6H,1-5,14H2. The molecule has 0 saturated carbocycles. The van der Waals surface area contributed by atoms with E-state index in [-0.39, 0.29) is 11.5 Å². The van der Waals surface area contributed by atoms with Gasteiger partial charge < -0.3 is 10.6 Å². The van der Waals surface area contributed by atoms with Crippen molar-refractivity contribution in [2.24, 2.45) is 0 Å².